The average Bonchev–Trinajstić information content (AvgIpc) is 2.91. The first-order valence-corrected chi connectivity index (χ1v) is 7.65. The van der Waals surface area contributed by atoms with Crippen LogP contribution in [-0.4, -0.2) is 28.5 Å². The second-order valence-corrected chi connectivity index (χ2v) is 5.97. The molecule has 0 bridgehead atoms. The minimum atomic E-state index is -1.05. The Morgan fingerprint density at radius 1 is 1.43 bits per heavy atom. The number of carbonyl (C=O) groups is 2. The fourth-order valence-corrected chi connectivity index (χ4v) is 2.73. The number of carbonyl (C=O) groups excluding carboxylic acids is 1. The molecule has 0 spiro atoms. The fourth-order valence-electron chi connectivity index (χ4n) is 1.58. The SMILES string of the molecule is Nc1ccc(C(=O)NCCc2nc(C(=O)O)cs2)cc1Br. The lowest BCUT2D eigenvalue weighted by Crippen LogP contribution is -2.25. The van der Waals surface area contributed by atoms with Crippen molar-refractivity contribution in [2.24, 2.45) is 0 Å². The predicted octanol–water partition coefficient (Wildman–Crippen LogP) is 2.16. The molecule has 1 heterocycles. The lowest BCUT2D eigenvalue weighted by molar-refractivity contribution is 0.0690. The topological polar surface area (TPSA) is 105 Å². The average molecular weight is 370 g/mol. The van der Waals surface area contributed by atoms with E-state index in [1.165, 1.54) is 16.7 Å². The molecule has 0 radical (unpaired) electrons. The Morgan fingerprint density at radius 3 is 2.81 bits per heavy atom. The zero-order chi connectivity index (χ0) is 15.4. The highest BCUT2D eigenvalue weighted by molar-refractivity contribution is 9.10. The third-order valence-corrected chi connectivity index (χ3v) is 4.25. The van der Waals surface area contributed by atoms with Gasteiger partial charge in [-0.3, -0.25) is 4.79 Å². The van der Waals surface area contributed by atoms with Crippen molar-refractivity contribution in [1.82, 2.24) is 10.3 Å². The number of thiazole rings is 1. The van der Waals surface area contributed by atoms with Gasteiger partial charge in [-0.15, -0.1) is 11.3 Å². The quantitative estimate of drug-likeness (QED) is 0.700. The molecule has 4 N–H and O–H groups in total. The second-order valence-electron chi connectivity index (χ2n) is 4.17. The molecule has 110 valence electrons. The molecule has 1 aromatic carbocycles. The van der Waals surface area contributed by atoms with E-state index in [-0.39, 0.29) is 11.6 Å². The number of amides is 1. The third kappa shape index (κ3) is 4.02. The Bertz CT molecular complexity index is 687. The van der Waals surface area contributed by atoms with Crippen LogP contribution in [0.1, 0.15) is 25.9 Å². The van der Waals surface area contributed by atoms with Gasteiger partial charge in [-0.1, -0.05) is 0 Å². The molecule has 0 aliphatic heterocycles. The van der Waals surface area contributed by atoms with E-state index in [0.717, 1.165) is 0 Å². The highest BCUT2D eigenvalue weighted by atomic mass is 79.9. The Balaban J connectivity index is 1.88. The van der Waals surface area contributed by atoms with Gasteiger partial charge in [0, 0.05) is 34.1 Å². The highest BCUT2D eigenvalue weighted by Crippen LogP contribution is 2.20. The van der Waals surface area contributed by atoms with Crippen molar-refractivity contribution in [1.29, 1.82) is 0 Å². The van der Waals surface area contributed by atoms with Crippen LogP contribution in [0.2, 0.25) is 0 Å². The largest absolute Gasteiger partial charge is 0.476 e. The summed E-state index contributed by atoms with van der Waals surface area (Å²) < 4.78 is 0.668. The Morgan fingerprint density at radius 2 is 2.19 bits per heavy atom. The van der Waals surface area contributed by atoms with Crippen molar-refractivity contribution in [3.05, 3.63) is 44.3 Å². The number of carboxylic acids is 1. The van der Waals surface area contributed by atoms with Gasteiger partial charge in [-0.05, 0) is 34.1 Å². The molecule has 0 saturated heterocycles. The summed E-state index contributed by atoms with van der Waals surface area (Å²) in [4.78, 5) is 26.6. The van der Waals surface area contributed by atoms with Crippen LogP contribution in [0.5, 0.6) is 0 Å². The maximum absolute atomic E-state index is 11.9. The van der Waals surface area contributed by atoms with Crippen LogP contribution >= 0.6 is 27.3 Å². The summed E-state index contributed by atoms with van der Waals surface area (Å²) in [6.45, 7) is 0.382. The van der Waals surface area contributed by atoms with Crippen molar-refractivity contribution in [2.45, 2.75) is 6.42 Å². The molecule has 2 aromatic rings. The Labute approximate surface area is 133 Å². The van der Waals surface area contributed by atoms with Crippen molar-refractivity contribution in [3.8, 4) is 0 Å². The Hall–Kier alpha value is -1.93. The summed E-state index contributed by atoms with van der Waals surface area (Å²) in [6, 6.07) is 4.94. The van der Waals surface area contributed by atoms with Crippen LogP contribution in [0.3, 0.4) is 0 Å². The van der Waals surface area contributed by atoms with Gasteiger partial charge < -0.3 is 16.2 Å². The summed E-state index contributed by atoms with van der Waals surface area (Å²) in [6.07, 6.45) is 0.486. The number of nitrogens with one attached hydrogen (secondary N) is 1. The van der Waals surface area contributed by atoms with Gasteiger partial charge in [0.1, 0.15) is 0 Å². The Kier molecular flexibility index (Phi) is 4.92. The van der Waals surface area contributed by atoms with Crippen molar-refractivity contribution < 1.29 is 14.7 Å². The molecule has 2 rings (SSSR count). The van der Waals surface area contributed by atoms with E-state index >= 15 is 0 Å². The molecule has 0 fully saturated rings. The summed E-state index contributed by atoms with van der Waals surface area (Å²) >= 11 is 4.53. The van der Waals surface area contributed by atoms with Crippen LogP contribution in [0.4, 0.5) is 5.69 Å². The van der Waals surface area contributed by atoms with E-state index in [1.54, 1.807) is 18.2 Å². The number of nitrogens with two attached hydrogens (primary N) is 1. The number of rotatable bonds is 5. The lowest BCUT2D eigenvalue weighted by atomic mass is 10.2. The van der Waals surface area contributed by atoms with Gasteiger partial charge in [0.25, 0.3) is 5.91 Å². The third-order valence-electron chi connectivity index (χ3n) is 2.66. The minimum Gasteiger partial charge on any atom is -0.476 e. The molecule has 0 saturated carbocycles. The van der Waals surface area contributed by atoms with Gasteiger partial charge in [0.2, 0.25) is 0 Å². The van der Waals surface area contributed by atoms with Crippen LogP contribution in [0.15, 0.2) is 28.1 Å². The standard InChI is InChI=1S/C13H12BrN3O3S/c14-8-5-7(1-2-9(8)15)12(18)16-4-3-11-17-10(6-21-11)13(19)20/h1-2,5-6H,3-4,15H2,(H,16,18)(H,19,20). The van der Waals surface area contributed by atoms with Gasteiger partial charge in [-0.25, -0.2) is 9.78 Å². The number of hydrogen-bond acceptors (Lipinski definition) is 5. The molecular formula is C13H12BrN3O3S. The zero-order valence-electron chi connectivity index (χ0n) is 10.8. The molecule has 6 nitrogen and oxygen atoms in total. The van der Waals surface area contributed by atoms with Crippen molar-refractivity contribution in [2.75, 3.05) is 12.3 Å². The predicted molar refractivity (Wildman–Crippen MR) is 83.7 cm³/mol. The molecule has 1 amide bonds. The van der Waals surface area contributed by atoms with Gasteiger partial charge in [0.05, 0.1) is 5.01 Å². The van der Waals surface area contributed by atoms with Gasteiger partial charge >= 0.3 is 5.97 Å². The molecule has 0 atom stereocenters. The lowest BCUT2D eigenvalue weighted by Gasteiger charge is -2.05. The van der Waals surface area contributed by atoms with E-state index in [9.17, 15) is 9.59 Å². The first-order valence-electron chi connectivity index (χ1n) is 5.98. The van der Waals surface area contributed by atoms with E-state index in [2.05, 4.69) is 26.2 Å². The van der Waals surface area contributed by atoms with E-state index < -0.39 is 5.97 Å². The van der Waals surface area contributed by atoms with Crippen molar-refractivity contribution in [3.63, 3.8) is 0 Å². The number of aromatic carboxylic acids is 1. The van der Waals surface area contributed by atoms with E-state index in [0.29, 0.717) is 33.7 Å². The number of nitrogens with zero attached hydrogens (tertiary/aromatic N) is 1. The molecule has 8 heteroatoms. The van der Waals surface area contributed by atoms with E-state index in [4.69, 9.17) is 10.8 Å². The number of carboxylic acid groups (broad SMARTS) is 1. The molecule has 0 aliphatic carbocycles. The van der Waals surface area contributed by atoms with Gasteiger partial charge in [-0.2, -0.15) is 0 Å². The molecule has 1 aromatic heterocycles. The number of hydrogen-bond donors (Lipinski definition) is 3. The highest BCUT2D eigenvalue weighted by Gasteiger charge is 2.10. The number of halogens is 1. The van der Waals surface area contributed by atoms with Crippen LogP contribution in [0.25, 0.3) is 0 Å². The molecule has 0 aliphatic rings. The number of aromatic nitrogens is 1. The first kappa shape index (κ1) is 15.5. The van der Waals surface area contributed by atoms with E-state index in [1.807, 2.05) is 0 Å². The summed E-state index contributed by atoms with van der Waals surface area (Å²) in [5, 5.41) is 13.7. The smallest absolute Gasteiger partial charge is 0.355 e. The number of anilines is 1. The maximum atomic E-state index is 11.9. The number of nitrogen functional groups attached to an aromatic ring is 1. The summed E-state index contributed by atoms with van der Waals surface area (Å²) in [7, 11) is 0. The zero-order valence-corrected chi connectivity index (χ0v) is 13.2. The monoisotopic (exact) mass is 369 g/mol. The second kappa shape index (κ2) is 6.68. The molecule has 21 heavy (non-hydrogen) atoms. The normalized spacial score (nSPS) is 10.3. The number of benzene rings is 1. The minimum absolute atomic E-state index is 0.0313. The fraction of sp³-hybridized carbons (Fsp3) is 0.154. The first-order chi connectivity index (χ1) is 9.97. The maximum Gasteiger partial charge on any atom is 0.355 e. The van der Waals surface area contributed by atoms with Crippen LogP contribution < -0.4 is 11.1 Å². The summed E-state index contributed by atoms with van der Waals surface area (Å²) in [5.74, 6) is -1.26. The summed E-state index contributed by atoms with van der Waals surface area (Å²) in [5.41, 5.74) is 6.76. The van der Waals surface area contributed by atoms with Crippen LogP contribution in [0, 0.1) is 0 Å². The van der Waals surface area contributed by atoms with Crippen LogP contribution in [-0.2, 0) is 6.42 Å². The molecular weight excluding hydrogens is 358 g/mol. The molecule has 0 unspecified atom stereocenters. The van der Waals surface area contributed by atoms with Gasteiger partial charge in [0.15, 0.2) is 5.69 Å². The van der Waals surface area contributed by atoms with Crippen molar-refractivity contribution >= 4 is 44.8 Å².